The van der Waals surface area contributed by atoms with E-state index < -0.39 is 27.1 Å². The van der Waals surface area contributed by atoms with Crippen molar-refractivity contribution in [2.24, 2.45) is 0 Å². The number of aromatic nitrogens is 2. The van der Waals surface area contributed by atoms with E-state index in [4.69, 9.17) is 9.84 Å². The van der Waals surface area contributed by atoms with Crippen molar-refractivity contribution < 1.29 is 27.4 Å². The highest BCUT2D eigenvalue weighted by Crippen LogP contribution is 2.38. The number of carboxylic acid groups (broad SMARTS) is 1. The molecule has 3 heterocycles. The number of hydrogen-bond donors (Lipinski definition) is 1. The summed E-state index contributed by atoms with van der Waals surface area (Å²) in [6, 6.07) is 20.8. The molecule has 10 heteroatoms. The molecule has 0 bridgehead atoms. The van der Waals surface area contributed by atoms with E-state index in [0.29, 0.717) is 28.3 Å². The predicted molar refractivity (Wildman–Crippen MR) is 153 cm³/mol. The van der Waals surface area contributed by atoms with E-state index in [1.54, 1.807) is 18.3 Å². The molecule has 0 saturated carbocycles. The van der Waals surface area contributed by atoms with E-state index in [2.05, 4.69) is 11.6 Å². The van der Waals surface area contributed by atoms with Gasteiger partial charge in [-0.2, -0.15) is 0 Å². The van der Waals surface area contributed by atoms with E-state index in [1.807, 2.05) is 42.5 Å². The summed E-state index contributed by atoms with van der Waals surface area (Å²) in [6.45, 7) is 4.17. The minimum Gasteiger partial charge on any atom is -0.481 e. The van der Waals surface area contributed by atoms with E-state index in [0.717, 1.165) is 20.0 Å². The molecule has 5 aromatic rings. The first-order valence-corrected chi connectivity index (χ1v) is 14.7. The van der Waals surface area contributed by atoms with Gasteiger partial charge in [0.2, 0.25) is 5.88 Å². The second-order valence-corrected chi connectivity index (χ2v) is 12.1. The average Bonchev–Trinajstić information content (AvgIpc) is 3.57. The van der Waals surface area contributed by atoms with Gasteiger partial charge in [-0.05, 0) is 53.9 Å². The molecular weight excluding hydrogens is 551 g/mol. The maximum absolute atomic E-state index is 14.0. The number of thiophene rings is 1. The van der Waals surface area contributed by atoms with Gasteiger partial charge in [0, 0.05) is 45.6 Å². The summed E-state index contributed by atoms with van der Waals surface area (Å²) in [5.74, 6) is -1.08. The van der Waals surface area contributed by atoms with Crippen molar-refractivity contribution in [3.05, 3.63) is 120 Å². The number of rotatable bonds is 11. The maximum atomic E-state index is 14.0. The molecule has 7 nitrogen and oxygen atoms in total. The Hall–Kier alpha value is -4.28. The van der Waals surface area contributed by atoms with Crippen LogP contribution in [0.25, 0.3) is 21.3 Å². The maximum Gasteiger partial charge on any atom is 0.303 e. The number of pyridine rings is 1. The Balaban J connectivity index is 1.40. The summed E-state index contributed by atoms with van der Waals surface area (Å²) in [7, 11) is -4.07. The first-order valence-electron chi connectivity index (χ1n) is 12.4. The third-order valence-corrected chi connectivity index (χ3v) is 9.70. The van der Waals surface area contributed by atoms with Gasteiger partial charge in [-0.3, -0.25) is 4.79 Å². The molecule has 5 rings (SSSR count). The molecule has 0 fully saturated rings. The molecule has 40 heavy (non-hydrogen) atoms. The standard InChI is InChI=1S/C30H25FN2O5S2/c1-2-28(40(36,37)33-18-22(9-15-30(34)35)24-16-23(31)10-11-25(24)33)27-13-12-26(39-27)21-8-14-29(32-17-21)38-19-20-6-4-3-5-7-20/h2-8,10-14,16-18,28H,1,9,15,19H2,(H,34,35). The van der Waals surface area contributed by atoms with Gasteiger partial charge >= 0.3 is 5.97 Å². The SMILES string of the molecule is C=CC(c1ccc(-c2ccc(OCc3ccccc3)nc2)s1)S(=O)(=O)n1cc(CCC(=O)O)c2cc(F)ccc21. The van der Waals surface area contributed by atoms with Crippen molar-refractivity contribution in [3.8, 4) is 16.3 Å². The monoisotopic (exact) mass is 576 g/mol. The van der Waals surface area contributed by atoms with Crippen LogP contribution in [0.3, 0.4) is 0 Å². The molecule has 2 aromatic carbocycles. The fourth-order valence-electron chi connectivity index (χ4n) is 4.40. The average molecular weight is 577 g/mol. The summed E-state index contributed by atoms with van der Waals surface area (Å²) < 4.78 is 48.6. The quantitative estimate of drug-likeness (QED) is 0.178. The van der Waals surface area contributed by atoms with Crippen molar-refractivity contribution in [1.82, 2.24) is 8.96 Å². The van der Waals surface area contributed by atoms with E-state index in [9.17, 15) is 17.6 Å². The van der Waals surface area contributed by atoms with Crippen LogP contribution in [0.1, 0.15) is 27.7 Å². The van der Waals surface area contributed by atoms with Gasteiger partial charge in [0.1, 0.15) is 17.7 Å². The molecule has 204 valence electrons. The highest BCUT2D eigenvalue weighted by Gasteiger charge is 2.30. The summed E-state index contributed by atoms with van der Waals surface area (Å²) in [5.41, 5.74) is 2.56. The lowest BCUT2D eigenvalue weighted by atomic mass is 10.1. The van der Waals surface area contributed by atoms with Gasteiger partial charge in [0.05, 0.1) is 5.52 Å². The molecule has 3 aromatic heterocycles. The van der Waals surface area contributed by atoms with Gasteiger partial charge in [-0.1, -0.05) is 36.4 Å². The Morgan fingerprint density at radius 2 is 1.93 bits per heavy atom. The lowest BCUT2D eigenvalue weighted by Crippen LogP contribution is -2.18. The largest absolute Gasteiger partial charge is 0.481 e. The number of ether oxygens (including phenoxy) is 1. The number of halogens is 1. The summed E-state index contributed by atoms with van der Waals surface area (Å²) in [4.78, 5) is 16.9. The van der Waals surface area contributed by atoms with E-state index in [-0.39, 0.29) is 18.4 Å². The Morgan fingerprint density at radius 3 is 2.62 bits per heavy atom. The number of benzene rings is 2. The molecule has 0 spiro atoms. The molecule has 0 aliphatic carbocycles. The number of carbonyl (C=O) groups is 1. The number of aliphatic carboxylic acids is 1. The van der Waals surface area contributed by atoms with Crippen LogP contribution in [0.5, 0.6) is 5.88 Å². The van der Waals surface area contributed by atoms with Crippen molar-refractivity contribution in [2.75, 3.05) is 0 Å². The van der Waals surface area contributed by atoms with Crippen LogP contribution in [-0.4, -0.2) is 28.5 Å². The second-order valence-electron chi connectivity index (χ2n) is 9.07. The van der Waals surface area contributed by atoms with Crippen molar-refractivity contribution in [3.63, 3.8) is 0 Å². The smallest absolute Gasteiger partial charge is 0.303 e. The van der Waals surface area contributed by atoms with Crippen LogP contribution in [0.2, 0.25) is 0 Å². The van der Waals surface area contributed by atoms with Gasteiger partial charge in [-0.15, -0.1) is 17.9 Å². The molecule has 0 saturated heterocycles. The Bertz CT molecular complexity index is 1780. The Morgan fingerprint density at radius 1 is 1.12 bits per heavy atom. The predicted octanol–water partition coefficient (Wildman–Crippen LogP) is 6.61. The molecule has 1 N–H and O–H groups in total. The summed E-state index contributed by atoms with van der Waals surface area (Å²) in [6.07, 6.45) is 4.27. The Labute approximate surface area is 234 Å². The van der Waals surface area contributed by atoms with Gasteiger partial charge in [0.15, 0.2) is 0 Å². The summed E-state index contributed by atoms with van der Waals surface area (Å²) in [5, 5.41) is 8.38. The highest BCUT2D eigenvalue weighted by atomic mass is 32.2. The number of hydrogen-bond acceptors (Lipinski definition) is 6. The highest BCUT2D eigenvalue weighted by molar-refractivity contribution is 7.90. The number of aryl methyl sites for hydroxylation is 1. The van der Waals surface area contributed by atoms with Crippen LogP contribution < -0.4 is 4.74 Å². The lowest BCUT2D eigenvalue weighted by Gasteiger charge is -2.14. The van der Waals surface area contributed by atoms with Gasteiger partial charge < -0.3 is 9.84 Å². The molecule has 0 aliphatic heterocycles. The van der Waals surface area contributed by atoms with E-state index in [1.165, 1.54) is 41.8 Å². The second kappa shape index (κ2) is 11.4. The zero-order valence-corrected chi connectivity index (χ0v) is 22.9. The van der Waals surface area contributed by atoms with Crippen LogP contribution in [-0.2, 0) is 27.8 Å². The fourth-order valence-corrected chi connectivity index (χ4v) is 7.45. The Kier molecular flexibility index (Phi) is 7.81. The number of fused-ring (bicyclic) bond motifs is 1. The molecule has 0 amide bonds. The zero-order valence-electron chi connectivity index (χ0n) is 21.2. The third-order valence-electron chi connectivity index (χ3n) is 6.39. The minimum atomic E-state index is -4.07. The molecule has 1 unspecified atom stereocenters. The van der Waals surface area contributed by atoms with Crippen LogP contribution in [0.15, 0.2) is 97.8 Å². The normalized spacial score (nSPS) is 12.3. The summed E-state index contributed by atoms with van der Waals surface area (Å²) >= 11 is 1.30. The van der Waals surface area contributed by atoms with Crippen molar-refractivity contribution >= 4 is 38.2 Å². The van der Waals surface area contributed by atoms with Gasteiger partial charge in [0.25, 0.3) is 10.0 Å². The lowest BCUT2D eigenvalue weighted by molar-refractivity contribution is -0.136. The van der Waals surface area contributed by atoms with Crippen LogP contribution in [0, 0.1) is 5.82 Å². The first-order chi connectivity index (χ1) is 19.3. The zero-order chi connectivity index (χ0) is 28.3. The first kappa shape index (κ1) is 27.3. The van der Waals surface area contributed by atoms with Crippen molar-refractivity contribution in [1.29, 1.82) is 0 Å². The van der Waals surface area contributed by atoms with Crippen molar-refractivity contribution in [2.45, 2.75) is 24.7 Å². The fraction of sp³-hybridized carbons (Fsp3) is 0.133. The van der Waals surface area contributed by atoms with Gasteiger partial charge in [-0.25, -0.2) is 21.8 Å². The minimum absolute atomic E-state index is 0.0672. The molecule has 0 radical (unpaired) electrons. The molecule has 1 atom stereocenters. The van der Waals surface area contributed by atoms with Crippen LogP contribution >= 0.6 is 11.3 Å². The topological polar surface area (TPSA) is 98.5 Å². The third kappa shape index (κ3) is 5.68. The number of carboxylic acids is 1. The molecular formula is C30H25FN2O5S2. The van der Waals surface area contributed by atoms with Crippen LogP contribution in [0.4, 0.5) is 4.39 Å². The molecule has 0 aliphatic rings. The van der Waals surface area contributed by atoms with E-state index >= 15 is 0 Å². The number of nitrogens with zero attached hydrogens (tertiary/aromatic N) is 2.